The Kier molecular flexibility index (Phi) is 4.12. The summed E-state index contributed by atoms with van der Waals surface area (Å²) in [5.41, 5.74) is 3.17. The number of benzene rings is 2. The summed E-state index contributed by atoms with van der Waals surface area (Å²) < 4.78 is 0. The molecule has 0 amide bonds. The quantitative estimate of drug-likeness (QED) is 0.584. The third kappa shape index (κ3) is 2.89. The minimum Gasteiger partial charge on any atom is -0.152 e. The van der Waals surface area contributed by atoms with Crippen molar-refractivity contribution in [2.24, 2.45) is 0 Å². The van der Waals surface area contributed by atoms with E-state index in [2.05, 4.69) is 48.6 Å². The summed E-state index contributed by atoms with van der Waals surface area (Å²) in [5, 5.41) is 9.83. The fraction of sp³-hybridized carbons (Fsp3) is 0.182. The van der Waals surface area contributed by atoms with E-state index >= 15 is 0 Å². The zero-order valence-corrected chi connectivity index (χ0v) is 14.0. The number of hydrogen-bond acceptors (Lipinski definition) is 1. The van der Waals surface area contributed by atoms with Crippen LogP contribution in [0.2, 0.25) is 0 Å². The molecule has 2 aromatic carbocycles. The van der Waals surface area contributed by atoms with Crippen LogP contribution >= 0.6 is 11.3 Å². The van der Waals surface area contributed by atoms with E-state index in [1.807, 2.05) is 22.9 Å². The van der Waals surface area contributed by atoms with Crippen LogP contribution in [0.5, 0.6) is 0 Å². The Morgan fingerprint density at radius 3 is 2.39 bits per heavy atom. The molecule has 0 fully saturated rings. The van der Waals surface area contributed by atoms with Gasteiger partial charge in [0.2, 0.25) is 0 Å². The minimum atomic E-state index is 1.10. The van der Waals surface area contributed by atoms with Gasteiger partial charge in [0.05, 0.1) is 0 Å². The van der Waals surface area contributed by atoms with Crippen LogP contribution in [-0.2, 0) is 12.8 Å². The largest absolute Gasteiger partial charge is 0.152 e. The van der Waals surface area contributed by atoms with Crippen molar-refractivity contribution in [3.8, 4) is 0 Å². The fourth-order valence-corrected chi connectivity index (χ4v) is 4.03. The van der Waals surface area contributed by atoms with E-state index in [1.165, 1.54) is 40.1 Å². The molecule has 0 bridgehead atoms. The zero-order chi connectivity index (χ0) is 15.5. The molecule has 0 radical (unpaired) electrons. The van der Waals surface area contributed by atoms with Gasteiger partial charge in [0.1, 0.15) is 0 Å². The Hall–Kier alpha value is -2.12. The van der Waals surface area contributed by atoms with Crippen molar-refractivity contribution in [3.05, 3.63) is 91.3 Å². The molecule has 23 heavy (non-hydrogen) atoms. The van der Waals surface area contributed by atoms with Crippen molar-refractivity contribution in [2.75, 3.05) is 0 Å². The molecule has 5 rings (SSSR count). The molecule has 0 spiro atoms. The van der Waals surface area contributed by atoms with Crippen LogP contribution in [0.25, 0.3) is 12.2 Å². The predicted molar refractivity (Wildman–Crippen MR) is 99.7 cm³/mol. The van der Waals surface area contributed by atoms with Gasteiger partial charge in [0.25, 0.3) is 0 Å². The Morgan fingerprint density at radius 1 is 0.696 bits per heavy atom. The molecule has 0 nitrogen and oxygen atoms in total. The Bertz CT molecular complexity index is 994. The Balaban J connectivity index is 0.000000233. The molecule has 1 aromatic heterocycles. The van der Waals surface area contributed by atoms with Crippen molar-refractivity contribution < 1.29 is 0 Å². The second-order valence-corrected chi connectivity index (χ2v) is 6.86. The van der Waals surface area contributed by atoms with E-state index in [0.717, 1.165) is 6.42 Å². The lowest BCUT2D eigenvalue weighted by Gasteiger charge is -2.16. The predicted octanol–water partition coefficient (Wildman–Crippen LogP) is 4.18. The van der Waals surface area contributed by atoms with Gasteiger partial charge in [-0.15, -0.1) is 0 Å². The maximum atomic E-state index is 2.40. The van der Waals surface area contributed by atoms with Gasteiger partial charge in [-0.3, -0.25) is 0 Å². The van der Waals surface area contributed by atoms with E-state index < -0.39 is 0 Å². The van der Waals surface area contributed by atoms with Gasteiger partial charge < -0.3 is 0 Å². The van der Waals surface area contributed by atoms with Crippen molar-refractivity contribution in [1.29, 1.82) is 0 Å². The highest BCUT2D eigenvalue weighted by Gasteiger charge is 2.10. The minimum absolute atomic E-state index is 1.10. The van der Waals surface area contributed by atoms with Crippen LogP contribution in [0.4, 0.5) is 0 Å². The first kappa shape index (κ1) is 14.5. The first-order chi connectivity index (χ1) is 11.4. The number of rotatable bonds is 0. The Morgan fingerprint density at radius 2 is 1.57 bits per heavy atom. The summed E-state index contributed by atoms with van der Waals surface area (Å²) in [5.74, 6) is 0. The van der Waals surface area contributed by atoms with Crippen LogP contribution < -0.4 is 10.4 Å². The van der Waals surface area contributed by atoms with Gasteiger partial charge in [0, 0.05) is 0 Å². The summed E-state index contributed by atoms with van der Waals surface area (Å²) in [7, 11) is 0. The summed E-state index contributed by atoms with van der Waals surface area (Å²) in [6.07, 6.45) is 9.69. The van der Waals surface area contributed by atoms with Crippen molar-refractivity contribution in [3.63, 3.8) is 0 Å². The molecular weight excluding hydrogens is 296 g/mol. The number of thiophene rings is 1. The van der Waals surface area contributed by atoms with Gasteiger partial charge in [-0.05, 0) is 68.4 Å². The molecule has 0 saturated heterocycles. The normalized spacial score (nSPS) is 14.1. The zero-order valence-electron chi connectivity index (χ0n) is 13.2. The second kappa shape index (κ2) is 6.55. The molecule has 2 aliphatic rings. The average molecular weight is 316 g/mol. The molecule has 0 N–H and O–H groups in total. The topological polar surface area (TPSA) is 0 Å². The summed E-state index contributed by atoms with van der Waals surface area (Å²) in [6, 6.07) is 17.4. The Labute approximate surface area is 140 Å². The average Bonchev–Trinajstić information content (AvgIpc) is 3.21. The SMILES string of the molecule is C1=c2ccc3c(c2CCC1)CC=c1ccccc1=3.c1ccsc1. The standard InChI is InChI=1S/C18H16.C4H4S/c1-3-7-15-13(5-1)9-11-18-16-8-4-2-6-14(16)10-12-17(15)18;1-2-4-5-3-1/h1,3,5-7,9-10,12H,2,4,8,11H2;1-4H. The van der Waals surface area contributed by atoms with E-state index in [4.69, 9.17) is 0 Å². The maximum absolute atomic E-state index is 2.40. The van der Waals surface area contributed by atoms with Gasteiger partial charge in [0.15, 0.2) is 0 Å². The fourth-order valence-electron chi connectivity index (χ4n) is 3.58. The third-order valence-corrected chi connectivity index (χ3v) is 5.29. The van der Waals surface area contributed by atoms with E-state index in [1.54, 1.807) is 22.5 Å². The van der Waals surface area contributed by atoms with E-state index in [0.29, 0.717) is 0 Å². The van der Waals surface area contributed by atoms with Crippen LogP contribution in [0.1, 0.15) is 24.0 Å². The molecule has 0 aliphatic heterocycles. The second-order valence-electron chi connectivity index (χ2n) is 6.04. The first-order valence-corrected chi connectivity index (χ1v) is 9.25. The molecule has 0 unspecified atom stereocenters. The summed E-state index contributed by atoms with van der Waals surface area (Å²) in [6.45, 7) is 0. The highest BCUT2D eigenvalue weighted by atomic mass is 32.1. The van der Waals surface area contributed by atoms with Crippen molar-refractivity contribution in [1.82, 2.24) is 0 Å². The molecule has 1 heteroatoms. The van der Waals surface area contributed by atoms with E-state index in [-0.39, 0.29) is 0 Å². The molecule has 3 aromatic rings. The van der Waals surface area contributed by atoms with Gasteiger partial charge in [-0.25, -0.2) is 0 Å². The molecule has 114 valence electrons. The van der Waals surface area contributed by atoms with Gasteiger partial charge in [-0.2, -0.15) is 11.3 Å². The van der Waals surface area contributed by atoms with Crippen LogP contribution in [0.15, 0.2) is 59.3 Å². The highest BCUT2D eigenvalue weighted by molar-refractivity contribution is 7.07. The van der Waals surface area contributed by atoms with E-state index in [9.17, 15) is 0 Å². The summed E-state index contributed by atoms with van der Waals surface area (Å²) in [4.78, 5) is 0. The number of hydrogen-bond donors (Lipinski definition) is 0. The maximum Gasteiger partial charge on any atom is -0.00791 e. The van der Waals surface area contributed by atoms with Crippen molar-refractivity contribution >= 4 is 23.5 Å². The van der Waals surface area contributed by atoms with Gasteiger partial charge >= 0.3 is 0 Å². The third-order valence-electron chi connectivity index (χ3n) is 4.67. The monoisotopic (exact) mass is 316 g/mol. The highest BCUT2D eigenvalue weighted by Crippen LogP contribution is 2.17. The smallest absolute Gasteiger partial charge is 0.00791 e. The molecule has 1 heterocycles. The lowest BCUT2D eigenvalue weighted by molar-refractivity contribution is 0.824. The lowest BCUT2D eigenvalue weighted by Crippen LogP contribution is -2.19. The summed E-state index contributed by atoms with van der Waals surface area (Å²) >= 11 is 1.71. The lowest BCUT2D eigenvalue weighted by atomic mass is 9.89. The molecule has 2 aliphatic carbocycles. The number of fused-ring (bicyclic) bond motifs is 4. The van der Waals surface area contributed by atoms with Gasteiger partial charge in [-0.1, -0.05) is 60.7 Å². The molecule has 0 saturated carbocycles. The molecular formula is C22H20S. The van der Waals surface area contributed by atoms with Crippen molar-refractivity contribution in [2.45, 2.75) is 25.7 Å². The van der Waals surface area contributed by atoms with Crippen LogP contribution in [0.3, 0.4) is 0 Å². The molecule has 0 atom stereocenters. The van der Waals surface area contributed by atoms with Crippen LogP contribution in [-0.4, -0.2) is 0 Å². The van der Waals surface area contributed by atoms with Crippen LogP contribution in [0, 0.1) is 10.4 Å². The first-order valence-electron chi connectivity index (χ1n) is 8.31.